The van der Waals surface area contributed by atoms with Crippen LogP contribution < -0.4 is 25.0 Å². The van der Waals surface area contributed by atoms with Gasteiger partial charge in [0, 0.05) is 16.3 Å². The average molecular weight is 508 g/mol. The Morgan fingerprint density at radius 1 is 0.972 bits per heavy atom. The highest BCUT2D eigenvalue weighted by Gasteiger charge is 2.24. The predicted molar refractivity (Wildman–Crippen MR) is 141 cm³/mol. The number of carbonyl (C=O) groups is 1. The molecule has 0 saturated carbocycles. The highest BCUT2D eigenvalue weighted by Crippen LogP contribution is 2.37. The van der Waals surface area contributed by atoms with E-state index in [1.54, 1.807) is 37.3 Å². The standard InChI is InChI=1S/C28H26ClNO6/c1-15-6-9-21(16(2)12-15)30-28(32)17(3)35-27-25(31)20-14-19(29)8-11-22(20)36-26(27)18-7-10-23(33-4)24(13-18)34-5/h6-14,17H,1-5H3,(H,30,32). The van der Waals surface area contributed by atoms with Gasteiger partial charge in [0.25, 0.3) is 5.91 Å². The minimum Gasteiger partial charge on any atom is -0.493 e. The number of fused-ring (bicyclic) bond motifs is 1. The van der Waals surface area contributed by atoms with E-state index in [2.05, 4.69) is 5.32 Å². The first kappa shape index (κ1) is 25.1. The Hall–Kier alpha value is -3.97. The van der Waals surface area contributed by atoms with Crippen LogP contribution in [0.25, 0.3) is 22.3 Å². The van der Waals surface area contributed by atoms with Crippen molar-refractivity contribution in [3.8, 4) is 28.6 Å². The molecule has 186 valence electrons. The molecule has 4 aromatic rings. The molecule has 4 rings (SSSR count). The summed E-state index contributed by atoms with van der Waals surface area (Å²) in [6.07, 6.45) is -1.01. The molecule has 0 aliphatic carbocycles. The number of aryl methyl sites for hydroxylation is 2. The van der Waals surface area contributed by atoms with E-state index < -0.39 is 17.4 Å². The third-order valence-electron chi connectivity index (χ3n) is 5.76. The summed E-state index contributed by atoms with van der Waals surface area (Å²) in [6.45, 7) is 5.45. The van der Waals surface area contributed by atoms with Crippen LogP contribution in [0.3, 0.4) is 0 Å². The van der Waals surface area contributed by atoms with Gasteiger partial charge in [0.15, 0.2) is 23.4 Å². The number of amides is 1. The monoisotopic (exact) mass is 507 g/mol. The van der Waals surface area contributed by atoms with Gasteiger partial charge in [-0.2, -0.15) is 0 Å². The minimum atomic E-state index is -1.01. The summed E-state index contributed by atoms with van der Waals surface area (Å²) >= 11 is 6.13. The lowest BCUT2D eigenvalue weighted by Crippen LogP contribution is -2.32. The van der Waals surface area contributed by atoms with Crippen LogP contribution in [-0.4, -0.2) is 26.2 Å². The van der Waals surface area contributed by atoms with Gasteiger partial charge >= 0.3 is 0 Å². The number of nitrogens with one attached hydrogen (secondary N) is 1. The van der Waals surface area contributed by atoms with Gasteiger partial charge in [0.1, 0.15) is 5.58 Å². The molecule has 0 fully saturated rings. The fourth-order valence-corrected chi connectivity index (χ4v) is 4.02. The SMILES string of the molecule is COc1ccc(-c2oc3ccc(Cl)cc3c(=O)c2OC(C)C(=O)Nc2ccc(C)cc2C)cc1OC. The van der Waals surface area contributed by atoms with E-state index in [0.717, 1.165) is 11.1 Å². The number of rotatable bonds is 7. The van der Waals surface area contributed by atoms with Crippen molar-refractivity contribution in [3.63, 3.8) is 0 Å². The van der Waals surface area contributed by atoms with E-state index in [4.69, 9.17) is 30.2 Å². The van der Waals surface area contributed by atoms with E-state index >= 15 is 0 Å². The van der Waals surface area contributed by atoms with Crippen LogP contribution in [0.2, 0.25) is 5.02 Å². The van der Waals surface area contributed by atoms with Crippen molar-refractivity contribution in [2.24, 2.45) is 0 Å². The molecular weight excluding hydrogens is 482 g/mol. The average Bonchev–Trinajstić information content (AvgIpc) is 2.87. The number of hydrogen-bond donors (Lipinski definition) is 1. The van der Waals surface area contributed by atoms with Gasteiger partial charge in [-0.15, -0.1) is 0 Å². The Kier molecular flexibility index (Phi) is 7.22. The van der Waals surface area contributed by atoms with Crippen molar-refractivity contribution in [3.05, 3.63) is 81.0 Å². The molecule has 0 saturated heterocycles. The van der Waals surface area contributed by atoms with Gasteiger partial charge in [-0.1, -0.05) is 29.3 Å². The molecule has 7 nitrogen and oxygen atoms in total. The Balaban J connectivity index is 1.78. The molecule has 0 radical (unpaired) electrons. The van der Waals surface area contributed by atoms with Gasteiger partial charge in [-0.05, 0) is 68.8 Å². The minimum absolute atomic E-state index is 0.111. The maximum Gasteiger partial charge on any atom is 0.265 e. The lowest BCUT2D eigenvalue weighted by atomic mass is 10.1. The first-order chi connectivity index (χ1) is 17.2. The second-order valence-corrected chi connectivity index (χ2v) is 8.80. The third kappa shape index (κ3) is 5.02. The number of methoxy groups -OCH3 is 2. The van der Waals surface area contributed by atoms with E-state index in [1.165, 1.54) is 20.3 Å². The quantitative estimate of drug-likeness (QED) is 0.322. The highest BCUT2D eigenvalue weighted by atomic mass is 35.5. The molecule has 8 heteroatoms. The number of benzene rings is 3. The number of carbonyl (C=O) groups excluding carboxylic acids is 1. The van der Waals surface area contributed by atoms with Crippen LogP contribution >= 0.6 is 11.6 Å². The second-order valence-electron chi connectivity index (χ2n) is 8.37. The number of hydrogen-bond acceptors (Lipinski definition) is 6. The zero-order valence-electron chi connectivity index (χ0n) is 20.6. The van der Waals surface area contributed by atoms with Gasteiger partial charge in [0.05, 0.1) is 19.6 Å². The fourth-order valence-electron chi connectivity index (χ4n) is 3.84. The summed E-state index contributed by atoms with van der Waals surface area (Å²) in [5.74, 6) is 0.591. The Labute approximate surface area is 213 Å². The largest absolute Gasteiger partial charge is 0.493 e. The van der Waals surface area contributed by atoms with Crippen molar-refractivity contribution in [2.75, 3.05) is 19.5 Å². The third-order valence-corrected chi connectivity index (χ3v) is 6.00. The van der Waals surface area contributed by atoms with Crippen LogP contribution in [0.1, 0.15) is 18.1 Å². The molecule has 1 N–H and O–H groups in total. The summed E-state index contributed by atoms with van der Waals surface area (Å²) in [4.78, 5) is 26.5. The zero-order valence-corrected chi connectivity index (χ0v) is 21.4. The second kappa shape index (κ2) is 10.3. The number of anilines is 1. The van der Waals surface area contributed by atoms with Gasteiger partial charge in [-0.3, -0.25) is 9.59 Å². The van der Waals surface area contributed by atoms with Crippen LogP contribution in [0, 0.1) is 13.8 Å². The predicted octanol–water partition coefficient (Wildman–Crippen LogP) is 6.15. The lowest BCUT2D eigenvalue weighted by Gasteiger charge is -2.18. The van der Waals surface area contributed by atoms with Crippen molar-refractivity contribution in [1.29, 1.82) is 0 Å². The van der Waals surface area contributed by atoms with Gasteiger partial charge < -0.3 is 23.9 Å². The first-order valence-electron chi connectivity index (χ1n) is 11.3. The Morgan fingerprint density at radius 2 is 1.72 bits per heavy atom. The van der Waals surface area contributed by atoms with E-state index in [9.17, 15) is 9.59 Å². The molecule has 1 amide bonds. The Bertz CT molecular complexity index is 1510. The molecule has 0 bridgehead atoms. The molecule has 36 heavy (non-hydrogen) atoms. The summed E-state index contributed by atoms with van der Waals surface area (Å²) < 4.78 is 22.8. The molecule has 1 heterocycles. The maximum atomic E-state index is 13.5. The highest BCUT2D eigenvalue weighted by molar-refractivity contribution is 6.31. The van der Waals surface area contributed by atoms with Crippen LogP contribution in [0.5, 0.6) is 17.2 Å². The maximum absolute atomic E-state index is 13.5. The lowest BCUT2D eigenvalue weighted by molar-refractivity contribution is -0.122. The van der Waals surface area contributed by atoms with Crippen LogP contribution in [0.15, 0.2) is 63.8 Å². The normalized spacial score (nSPS) is 11.7. The molecule has 0 aliphatic rings. The summed E-state index contributed by atoms with van der Waals surface area (Å²) in [7, 11) is 3.04. The molecule has 0 aliphatic heterocycles. The number of halogens is 1. The fraction of sp³-hybridized carbons (Fsp3) is 0.214. The van der Waals surface area contributed by atoms with Gasteiger partial charge in [0.2, 0.25) is 11.2 Å². The molecule has 0 spiro atoms. The number of ether oxygens (including phenoxy) is 3. The van der Waals surface area contributed by atoms with Crippen LogP contribution in [-0.2, 0) is 4.79 Å². The Morgan fingerprint density at radius 3 is 2.42 bits per heavy atom. The molecular formula is C28H26ClNO6. The molecule has 1 unspecified atom stereocenters. The van der Waals surface area contributed by atoms with E-state index in [0.29, 0.717) is 33.4 Å². The zero-order chi connectivity index (χ0) is 26.0. The first-order valence-corrected chi connectivity index (χ1v) is 11.6. The van der Waals surface area contributed by atoms with Crippen molar-refractivity contribution in [1.82, 2.24) is 0 Å². The van der Waals surface area contributed by atoms with Crippen molar-refractivity contribution < 1.29 is 23.4 Å². The molecule has 1 atom stereocenters. The molecule has 1 aromatic heterocycles. The topological polar surface area (TPSA) is 87.0 Å². The smallest absolute Gasteiger partial charge is 0.265 e. The van der Waals surface area contributed by atoms with Gasteiger partial charge in [-0.25, -0.2) is 0 Å². The van der Waals surface area contributed by atoms with E-state index in [1.807, 2.05) is 32.0 Å². The summed E-state index contributed by atoms with van der Waals surface area (Å²) in [5, 5.41) is 3.48. The van der Waals surface area contributed by atoms with Crippen LogP contribution in [0.4, 0.5) is 5.69 Å². The summed E-state index contributed by atoms with van der Waals surface area (Å²) in [5.41, 5.74) is 3.06. The van der Waals surface area contributed by atoms with Crippen molar-refractivity contribution in [2.45, 2.75) is 26.9 Å². The van der Waals surface area contributed by atoms with E-state index in [-0.39, 0.29) is 16.9 Å². The summed E-state index contributed by atoms with van der Waals surface area (Å²) in [6, 6.07) is 15.5. The van der Waals surface area contributed by atoms with Crippen molar-refractivity contribution >= 4 is 34.2 Å². The molecule has 3 aromatic carbocycles.